The molecule has 3 heteroatoms. The Morgan fingerprint density at radius 1 is 1.35 bits per heavy atom. The summed E-state index contributed by atoms with van der Waals surface area (Å²) in [6.07, 6.45) is 2.70. The van der Waals surface area contributed by atoms with Crippen molar-refractivity contribution < 1.29 is 4.74 Å². The molecule has 0 bridgehead atoms. The summed E-state index contributed by atoms with van der Waals surface area (Å²) in [4.78, 5) is 1.32. The van der Waals surface area contributed by atoms with Crippen LogP contribution in [0.5, 0.6) is 0 Å². The van der Waals surface area contributed by atoms with Gasteiger partial charge in [0.15, 0.2) is 0 Å². The Hall–Kier alpha value is -0.510. The summed E-state index contributed by atoms with van der Waals surface area (Å²) in [5.41, 5.74) is 1.38. The highest BCUT2D eigenvalue weighted by atomic mass is 32.2. The van der Waals surface area contributed by atoms with Crippen LogP contribution in [0.15, 0.2) is 29.2 Å². The first-order valence-corrected chi connectivity index (χ1v) is 7.14. The molecule has 1 aliphatic rings. The quantitative estimate of drug-likeness (QED) is 0.753. The van der Waals surface area contributed by atoms with Gasteiger partial charge < -0.3 is 10.1 Å². The van der Waals surface area contributed by atoms with Gasteiger partial charge in [-0.05, 0) is 30.5 Å². The maximum absolute atomic E-state index is 5.14. The monoisotopic (exact) mass is 251 g/mol. The third kappa shape index (κ3) is 4.70. The third-order valence-electron chi connectivity index (χ3n) is 2.83. The zero-order chi connectivity index (χ0) is 12.1. The van der Waals surface area contributed by atoms with Gasteiger partial charge in [0.2, 0.25) is 0 Å². The number of methoxy groups -OCH3 is 1. The molecule has 2 nitrogen and oxygen atoms in total. The average molecular weight is 251 g/mol. The van der Waals surface area contributed by atoms with Crippen molar-refractivity contribution in [3.63, 3.8) is 0 Å². The van der Waals surface area contributed by atoms with Crippen molar-refractivity contribution in [2.45, 2.75) is 42.5 Å². The Kier molecular flexibility index (Phi) is 4.89. The van der Waals surface area contributed by atoms with Gasteiger partial charge in [-0.15, -0.1) is 11.8 Å². The molecule has 1 atom stereocenters. The summed E-state index contributed by atoms with van der Waals surface area (Å²) in [6.45, 7) is 4.00. The zero-order valence-electron chi connectivity index (χ0n) is 10.6. The molecule has 0 spiro atoms. The lowest BCUT2D eigenvalue weighted by molar-refractivity contribution is 0.203. The lowest BCUT2D eigenvalue weighted by Crippen LogP contribution is -2.15. The molecule has 1 saturated carbocycles. The lowest BCUT2D eigenvalue weighted by Gasteiger charge is -2.10. The standard InChI is InChI=1S/C14H21NOS/c1-11(10-16-2)17-14-7-3-12(4-8-14)9-15-13-5-6-13/h3-4,7-8,11,13,15H,5-6,9-10H2,1-2H3. The van der Waals surface area contributed by atoms with E-state index in [1.807, 2.05) is 11.8 Å². The van der Waals surface area contributed by atoms with Gasteiger partial charge in [-0.2, -0.15) is 0 Å². The van der Waals surface area contributed by atoms with Gasteiger partial charge in [-0.25, -0.2) is 0 Å². The van der Waals surface area contributed by atoms with Crippen molar-refractivity contribution in [2.24, 2.45) is 0 Å². The topological polar surface area (TPSA) is 21.3 Å². The maximum Gasteiger partial charge on any atom is 0.0582 e. The fourth-order valence-corrected chi connectivity index (χ4v) is 2.70. The van der Waals surface area contributed by atoms with Crippen LogP contribution in [0.3, 0.4) is 0 Å². The normalized spacial score (nSPS) is 17.1. The summed E-state index contributed by atoms with van der Waals surface area (Å²) < 4.78 is 5.14. The minimum atomic E-state index is 0.510. The van der Waals surface area contributed by atoms with Crippen LogP contribution in [-0.2, 0) is 11.3 Å². The van der Waals surface area contributed by atoms with Gasteiger partial charge in [-0.3, -0.25) is 0 Å². The van der Waals surface area contributed by atoms with E-state index in [0.717, 1.165) is 19.2 Å². The molecule has 94 valence electrons. The van der Waals surface area contributed by atoms with E-state index in [4.69, 9.17) is 4.74 Å². The second-order valence-corrected chi connectivity index (χ2v) is 6.19. The number of hydrogen-bond donors (Lipinski definition) is 1. The molecular weight excluding hydrogens is 230 g/mol. The van der Waals surface area contributed by atoms with Crippen LogP contribution < -0.4 is 5.32 Å². The summed E-state index contributed by atoms with van der Waals surface area (Å²) in [7, 11) is 1.75. The first-order valence-electron chi connectivity index (χ1n) is 6.26. The Morgan fingerprint density at radius 2 is 2.06 bits per heavy atom. The highest BCUT2D eigenvalue weighted by Crippen LogP contribution is 2.24. The fourth-order valence-electron chi connectivity index (χ4n) is 1.74. The number of benzene rings is 1. The van der Waals surface area contributed by atoms with E-state index in [9.17, 15) is 0 Å². The Morgan fingerprint density at radius 3 is 2.65 bits per heavy atom. The third-order valence-corrected chi connectivity index (χ3v) is 3.92. The summed E-state index contributed by atoms with van der Waals surface area (Å²) >= 11 is 1.87. The molecule has 1 N–H and O–H groups in total. The average Bonchev–Trinajstić information content (AvgIpc) is 3.12. The molecular formula is C14H21NOS. The van der Waals surface area contributed by atoms with Gasteiger partial charge in [-0.1, -0.05) is 19.1 Å². The molecule has 1 unspecified atom stereocenters. The minimum Gasteiger partial charge on any atom is -0.384 e. The summed E-state index contributed by atoms with van der Waals surface area (Å²) in [5.74, 6) is 0. The molecule has 1 aromatic carbocycles. The first-order chi connectivity index (χ1) is 8.28. The molecule has 1 fully saturated rings. The van der Waals surface area contributed by atoms with Gasteiger partial charge in [0.25, 0.3) is 0 Å². The molecule has 0 radical (unpaired) electrons. The molecule has 0 aliphatic heterocycles. The van der Waals surface area contributed by atoms with Crippen LogP contribution in [0.1, 0.15) is 25.3 Å². The Bertz CT molecular complexity index is 335. The Balaban J connectivity index is 1.79. The first kappa shape index (κ1) is 12.9. The second kappa shape index (κ2) is 6.43. The van der Waals surface area contributed by atoms with Gasteiger partial charge in [0.05, 0.1) is 6.61 Å². The van der Waals surface area contributed by atoms with Crippen molar-refractivity contribution in [3.05, 3.63) is 29.8 Å². The van der Waals surface area contributed by atoms with Crippen molar-refractivity contribution in [2.75, 3.05) is 13.7 Å². The van der Waals surface area contributed by atoms with Gasteiger partial charge >= 0.3 is 0 Å². The molecule has 1 aromatic rings. The van der Waals surface area contributed by atoms with Crippen LogP contribution in [-0.4, -0.2) is 25.0 Å². The van der Waals surface area contributed by atoms with E-state index in [1.165, 1.54) is 23.3 Å². The van der Waals surface area contributed by atoms with Gasteiger partial charge in [0.1, 0.15) is 0 Å². The lowest BCUT2D eigenvalue weighted by atomic mass is 10.2. The molecule has 0 heterocycles. The van der Waals surface area contributed by atoms with Crippen LogP contribution in [0, 0.1) is 0 Å². The highest BCUT2D eigenvalue weighted by molar-refractivity contribution is 8.00. The predicted octanol–water partition coefficient (Wildman–Crippen LogP) is 3.07. The van der Waals surface area contributed by atoms with E-state index in [-0.39, 0.29) is 0 Å². The largest absolute Gasteiger partial charge is 0.384 e. The van der Waals surface area contributed by atoms with Crippen molar-refractivity contribution >= 4 is 11.8 Å². The molecule has 1 aliphatic carbocycles. The van der Waals surface area contributed by atoms with Crippen molar-refractivity contribution in [1.82, 2.24) is 5.32 Å². The summed E-state index contributed by atoms with van der Waals surface area (Å²) in [5, 5.41) is 4.04. The van der Waals surface area contributed by atoms with E-state index in [1.54, 1.807) is 7.11 Å². The Labute approximate surface area is 108 Å². The van der Waals surface area contributed by atoms with E-state index in [2.05, 4.69) is 36.5 Å². The van der Waals surface area contributed by atoms with Crippen LogP contribution in [0.25, 0.3) is 0 Å². The molecule has 17 heavy (non-hydrogen) atoms. The number of thioether (sulfide) groups is 1. The smallest absolute Gasteiger partial charge is 0.0582 e. The fraction of sp³-hybridized carbons (Fsp3) is 0.571. The molecule has 2 rings (SSSR count). The van der Waals surface area contributed by atoms with Crippen molar-refractivity contribution in [1.29, 1.82) is 0 Å². The number of rotatable bonds is 7. The number of nitrogens with one attached hydrogen (secondary N) is 1. The predicted molar refractivity (Wildman–Crippen MR) is 73.5 cm³/mol. The van der Waals surface area contributed by atoms with E-state index < -0.39 is 0 Å². The number of ether oxygens (including phenoxy) is 1. The van der Waals surface area contributed by atoms with Crippen LogP contribution >= 0.6 is 11.8 Å². The SMILES string of the molecule is COCC(C)Sc1ccc(CNC2CC2)cc1. The molecule has 0 amide bonds. The van der Waals surface area contributed by atoms with Crippen LogP contribution in [0.2, 0.25) is 0 Å². The van der Waals surface area contributed by atoms with E-state index in [0.29, 0.717) is 5.25 Å². The second-order valence-electron chi connectivity index (χ2n) is 4.68. The van der Waals surface area contributed by atoms with Gasteiger partial charge in [0, 0.05) is 29.8 Å². The zero-order valence-corrected chi connectivity index (χ0v) is 11.4. The van der Waals surface area contributed by atoms with E-state index >= 15 is 0 Å². The minimum absolute atomic E-state index is 0.510. The van der Waals surface area contributed by atoms with Crippen molar-refractivity contribution in [3.8, 4) is 0 Å². The maximum atomic E-state index is 5.14. The summed E-state index contributed by atoms with van der Waals surface area (Å²) in [6, 6.07) is 9.64. The number of hydrogen-bond acceptors (Lipinski definition) is 3. The van der Waals surface area contributed by atoms with Crippen LogP contribution in [0.4, 0.5) is 0 Å². The molecule has 0 saturated heterocycles. The molecule has 0 aromatic heterocycles. The highest BCUT2D eigenvalue weighted by Gasteiger charge is 2.19.